The normalized spacial score (nSPS) is 16.3. The summed E-state index contributed by atoms with van der Waals surface area (Å²) in [6.07, 6.45) is -0.250. The van der Waals surface area contributed by atoms with Crippen LogP contribution in [-0.4, -0.2) is 58.6 Å². The minimum Gasteiger partial charge on any atom is -0.374 e. The molecule has 27 heavy (non-hydrogen) atoms. The van der Waals surface area contributed by atoms with E-state index in [0.717, 1.165) is 35.8 Å². The van der Waals surface area contributed by atoms with Gasteiger partial charge < -0.3 is 10.6 Å². The molecule has 2 aromatic heterocycles. The predicted octanol–water partition coefficient (Wildman–Crippen LogP) is 3.00. The second-order valence-electron chi connectivity index (χ2n) is 5.86. The maximum absolute atomic E-state index is 12.8. The summed E-state index contributed by atoms with van der Waals surface area (Å²) >= 11 is 2.95. The molecule has 0 atom stereocenters. The lowest BCUT2D eigenvalue weighted by molar-refractivity contribution is -0.141. The van der Waals surface area contributed by atoms with E-state index in [1.807, 2.05) is 4.90 Å². The van der Waals surface area contributed by atoms with Gasteiger partial charge in [0.25, 0.3) is 0 Å². The van der Waals surface area contributed by atoms with Crippen molar-refractivity contribution in [2.24, 2.45) is 0 Å². The molecule has 0 spiro atoms. The minimum absolute atomic E-state index is 0.382. The molecular weight excluding hydrogens is 397 g/mol. The molecule has 1 fully saturated rings. The molecular formula is C16H19F3N6S2. The van der Waals surface area contributed by atoms with Gasteiger partial charge in [-0.25, -0.2) is 4.98 Å². The van der Waals surface area contributed by atoms with E-state index in [1.165, 1.54) is 17.4 Å². The van der Waals surface area contributed by atoms with Gasteiger partial charge in [0.15, 0.2) is 4.34 Å². The second-order valence-corrected chi connectivity index (χ2v) is 8.13. The number of alkyl halides is 3. The van der Waals surface area contributed by atoms with Crippen LogP contribution in [0.3, 0.4) is 0 Å². The first-order valence-electron chi connectivity index (χ1n) is 8.30. The number of nitrogens with zero attached hydrogens (tertiary/aromatic N) is 5. The Morgan fingerprint density at radius 1 is 1.15 bits per heavy atom. The smallest absolute Gasteiger partial charge is 0.374 e. The van der Waals surface area contributed by atoms with E-state index in [0.29, 0.717) is 24.0 Å². The standard InChI is InChI=1S/C16H19F3N6S2/c17-16(18,19)12-4-3-5-13(21-12)25-9-7-24(8-10-25)6-1-2-11-26-15-23-22-14(20)27-15/h1-5H,6-11H2,(H2,20,22). The summed E-state index contributed by atoms with van der Waals surface area (Å²) in [5.74, 6) is 1.18. The van der Waals surface area contributed by atoms with Crippen LogP contribution in [0.4, 0.5) is 24.1 Å². The van der Waals surface area contributed by atoms with Gasteiger partial charge in [0, 0.05) is 38.5 Å². The van der Waals surface area contributed by atoms with Crippen LogP contribution in [0.25, 0.3) is 0 Å². The van der Waals surface area contributed by atoms with Crippen molar-refractivity contribution < 1.29 is 13.2 Å². The third kappa shape index (κ3) is 5.81. The molecule has 0 aliphatic carbocycles. The van der Waals surface area contributed by atoms with E-state index in [1.54, 1.807) is 17.8 Å². The number of pyridine rings is 1. The highest BCUT2D eigenvalue weighted by atomic mass is 32.2. The number of rotatable bonds is 6. The largest absolute Gasteiger partial charge is 0.433 e. The van der Waals surface area contributed by atoms with Gasteiger partial charge in [0.1, 0.15) is 11.5 Å². The molecule has 0 amide bonds. The first-order valence-corrected chi connectivity index (χ1v) is 10.1. The Morgan fingerprint density at radius 3 is 2.59 bits per heavy atom. The Kier molecular flexibility index (Phi) is 6.55. The number of nitrogens with two attached hydrogens (primary N) is 1. The molecule has 0 unspecified atom stereocenters. The maximum atomic E-state index is 12.8. The summed E-state index contributed by atoms with van der Waals surface area (Å²) in [6, 6.07) is 4.03. The highest BCUT2D eigenvalue weighted by Gasteiger charge is 2.33. The van der Waals surface area contributed by atoms with E-state index in [9.17, 15) is 13.2 Å². The fourth-order valence-corrected chi connectivity index (χ4v) is 4.12. The summed E-state index contributed by atoms with van der Waals surface area (Å²) in [4.78, 5) is 7.91. The SMILES string of the molecule is Nc1nnc(SCC=CCN2CCN(c3cccc(C(F)(F)F)n3)CC2)s1. The van der Waals surface area contributed by atoms with Crippen LogP contribution in [-0.2, 0) is 6.18 Å². The molecule has 6 nitrogen and oxygen atoms in total. The zero-order valence-electron chi connectivity index (χ0n) is 14.4. The van der Waals surface area contributed by atoms with Gasteiger partial charge in [0.05, 0.1) is 0 Å². The Balaban J connectivity index is 1.42. The number of halogens is 3. The monoisotopic (exact) mass is 416 g/mol. The van der Waals surface area contributed by atoms with Crippen molar-refractivity contribution in [3.63, 3.8) is 0 Å². The lowest BCUT2D eigenvalue weighted by Gasteiger charge is -2.35. The van der Waals surface area contributed by atoms with E-state index < -0.39 is 11.9 Å². The van der Waals surface area contributed by atoms with Gasteiger partial charge in [-0.3, -0.25) is 4.90 Å². The average molecular weight is 416 g/mol. The second kappa shape index (κ2) is 8.89. The van der Waals surface area contributed by atoms with Crippen LogP contribution >= 0.6 is 23.1 Å². The van der Waals surface area contributed by atoms with Crippen LogP contribution in [0.15, 0.2) is 34.7 Å². The van der Waals surface area contributed by atoms with E-state index >= 15 is 0 Å². The van der Waals surface area contributed by atoms with Crippen LogP contribution < -0.4 is 10.6 Å². The number of aromatic nitrogens is 3. The molecule has 0 aromatic carbocycles. The summed E-state index contributed by atoms with van der Waals surface area (Å²) in [5.41, 5.74) is 4.68. The van der Waals surface area contributed by atoms with Crippen molar-refractivity contribution in [1.29, 1.82) is 0 Å². The predicted molar refractivity (Wildman–Crippen MR) is 102 cm³/mol. The van der Waals surface area contributed by atoms with Crippen molar-refractivity contribution >= 4 is 34.0 Å². The van der Waals surface area contributed by atoms with Gasteiger partial charge in [0.2, 0.25) is 5.13 Å². The first-order chi connectivity index (χ1) is 12.9. The van der Waals surface area contributed by atoms with Crippen molar-refractivity contribution in [2.45, 2.75) is 10.5 Å². The molecule has 11 heteroatoms. The summed E-state index contributed by atoms with van der Waals surface area (Å²) in [7, 11) is 0. The first kappa shape index (κ1) is 19.9. The molecule has 1 saturated heterocycles. The van der Waals surface area contributed by atoms with Crippen molar-refractivity contribution in [3.05, 3.63) is 36.0 Å². The summed E-state index contributed by atoms with van der Waals surface area (Å²) < 4.78 is 39.2. The Hall–Kier alpha value is -1.85. The van der Waals surface area contributed by atoms with E-state index in [2.05, 4.69) is 32.2 Å². The summed E-state index contributed by atoms with van der Waals surface area (Å²) in [5, 5.41) is 8.17. The number of hydrogen-bond donors (Lipinski definition) is 1. The van der Waals surface area contributed by atoms with Crippen molar-refractivity contribution in [1.82, 2.24) is 20.1 Å². The molecule has 1 aliphatic heterocycles. The van der Waals surface area contributed by atoms with Gasteiger partial charge in [-0.2, -0.15) is 13.2 Å². The van der Waals surface area contributed by atoms with Gasteiger partial charge in [-0.05, 0) is 12.1 Å². The molecule has 2 aromatic rings. The third-order valence-electron chi connectivity index (χ3n) is 3.98. The number of nitrogen functional groups attached to an aromatic ring is 1. The third-order valence-corrected chi connectivity index (χ3v) is 5.81. The van der Waals surface area contributed by atoms with Crippen LogP contribution in [0, 0.1) is 0 Å². The fraction of sp³-hybridized carbons (Fsp3) is 0.438. The molecule has 146 valence electrons. The van der Waals surface area contributed by atoms with Crippen LogP contribution in [0.1, 0.15) is 5.69 Å². The minimum atomic E-state index is -4.42. The number of thioether (sulfide) groups is 1. The molecule has 3 heterocycles. The quantitative estimate of drug-likeness (QED) is 0.573. The fourth-order valence-electron chi connectivity index (χ4n) is 2.61. The topological polar surface area (TPSA) is 71.2 Å². The molecule has 0 bridgehead atoms. The number of anilines is 2. The van der Waals surface area contributed by atoms with Crippen LogP contribution in [0.2, 0.25) is 0 Å². The summed E-state index contributed by atoms with van der Waals surface area (Å²) in [6.45, 7) is 3.68. The highest BCUT2D eigenvalue weighted by Crippen LogP contribution is 2.29. The lowest BCUT2D eigenvalue weighted by atomic mass is 10.2. The lowest BCUT2D eigenvalue weighted by Crippen LogP contribution is -2.46. The molecule has 3 rings (SSSR count). The van der Waals surface area contributed by atoms with Gasteiger partial charge in [-0.15, -0.1) is 10.2 Å². The number of hydrogen-bond acceptors (Lipinski definition) is 8. The van der Waals surface area contributed by atoms with E-state index in [-0.39, 0.29) is 0 Å². The Bertz CT molecular complexity index is 772. The zero-order valence-corrected chi connectivity index (χ0v) is 16.0. The Morgan fingerprint density at radius 2 is 1.93 bits per heavy atom. The average Bonchev–Trinajstić information content (AvgIpc) is 3.06. The highest BCUT2D eigenvalue weighted by molar-refractivity contribution is 8.01. The molecule has 1 aliphatic rings. The zero-order chi connectivity index (χ0) is 19.3. The molecule has 2 N–H and O–H groups in total. The molecule has 0 saturated carbocycles. The van der Waals surface area contributed by atoms with E-state index in [4.69, 9.17) is 5.73 Å². The Labute approximate surface area is 163 Å². The van der Waals surface area contributed by atoms with Crippen LogP contribution in [0.5, 0.6) is 0 Å². The van der Waals surface area contributed by atoms with Crippen molar-refractivity contribution in [3.8, 4) is 0 Å². The maximum Gasteiger partial charge on any atom is 0.433 e. The number of piperazine rings is 1. The van der Waals surface area contributed by atoms with Gasteiger partial charge >= 0.3 is 6.18 Å². The molecule has 0 radical (unpaired) electrons. The van der Waals surface area contributed by atoms with Gasteiger partial charge in [-0.1, -0.05) is 41.3 Å². The van der Waals surface area contributed by atoms with Crippen molar-refractivity contribution in [2.75, 3.05) is 49.1 Å².